The number of likely N-dealkylation sites (tertiary alicyclic amines) is 1. The van der Waals surface area contributed by atoms with Gasteiger partial charge in [-0.2, -0.15) is 0 Å². The highest BCUT2D eigenvalue weighted by atomic mass is 32.1. The second kappa shape index (κ2) is 6.24. The number of aromatic nitrogens is 1. The molecule has 24 heavy (non-hydrogen) atoms. The number of hydrogen-bond acceptors (Lipinski definition) is 5. The van der Waals surface area contributed by atoms with Gasteiger partial charge in [-0.1, -0.05) is 24.3 Å². The van der Waals surface area contributed by atoms with Gasteiger partial charge in [0.15, 0.2) is 5.13 Å². The summed E-state index contributed by atoms with van der Waals surface area (Å²) in [5.74, 6) is 2.03. The zero-order valence-electron chi connectivity index (χ0n) is 14.2. The largest absolute Gasteiger partial charge is 0.494 e. The van der Waals surface area contributed by atoms with Crippen molar-refractivity contribution in [3.8, 4) is 5.75 Å². The zero-order valence-corrected chi connectivity index (χ0v) is 15.0. The second-order valence-corrected chi connectivity index (χ2v) is 7.92. The number of carbonyl (C=O) groups excluding carboxylic acids is 1. The minimum atomic E-state index is 0.132. The molecule has 2 aliphatic rings. The van der Waals surface area contributed by atoms with Crippen LogP contribution in [-0.2, 0) is 4.79 Å². The third-order valence-corrected chi connectivity index (χ3v) is 6.27. The van der Waals surface area contributed by atoms with Crippen LogP contribution in [0.25, 0.3) is 10.2 Å². The van der Waals surface area contributed by atoms with Crippen LogP contribution < -0.4 is 9.64 Å². The molecule has 3 heterocycles. The van der Waals surface area contributed by atoms with Gasteiger partial charge in [-0.25, -0.2) is 4.98 Å². The number of carbonyl (C=O) groups is 1. The van der Waals surface area contributed by atoms with E-state index in [0.29, 0.717) is 5.91 Å². The molecule has 0 aliphatic carbocycles. The molecule has 0 radical (unpaired) electrons. The van der Waals surface area contributed by atoms with E-state index in [1.54, 1.807) is 18.4 Å². The molecule has 2 aromatic rings. The SMILES string of the molecule is COc1cccc2sc(N3CC(C(=O)N4CCC(C)CC4)C3)nc12. The van der Waals surface area contributed by atoms with Gasteiger partial charge in [0.05, 0.1) is 17.7 Å². The van der Waals surface area contributed by atoms with Crippen molar-refractivity contribution < 1.29 is 9.53 Å². The number of amides is 1. The van der Waals surface area contributed by atoms with E-state index in [1.165, 1.54) is 0 Å². The van der Waals surface area contributed by atoms with Gasteiger partial charge in [-0.15, -0.1) is 0 Å². The van der Waals surface area contributed by atoms with E-state index in [0.717, 1.165) is 66.0 Å². The predicted molar refractivity (Wildman–Crippen MR) is 96.9 cm³/mol. The predicted octanol–water partition coefficient (Wildman–Crippen LogP) is 3.00. The van der Waals surface area contributed by atoms with Gasteiger partial charge in [0.2, 0.25) is 5.91 Å². The third kappa shape index (κ3) is 2.73. The fraction of sp³-hybridized carbons (Fsp3) is 0.556. The molecule has 2 aliphatic heterocycles. The smallest absolute Gasteiger partial charge is 0.229 e. The summed E-state index contributed by atoms with van der Waals surface area (Å²) in [6, 6.07) is 5.99. The molecule has 1 aromatic carbocycles. The summed E-state index contributed by atoms with van der Waals surface area (Å²) < 4.78 is 6.51. The Morgan fingerprint density at radius 2 is 2.04 bits per heavy atom. The highest BCUT2D eigenvalue weighted by Gasteiger charge is 2.37. The van der Waals surface area contributed by atoms with Gasteiger partial charge in [0, 0.05) is 26.2 Å². The van der Waals surface area contributed by atoms with E-state index in [1.807, 2.05) is 12.1 Å². The summed E-state index contributed by atoms with van der Waals surface area (Å²) in [6.45, 7) is 5.69. The number of hydrogen-bond donors (Lipinski definition) is 0. The summed E-state index contributed by atoms with van der Waals surface area (Å²) in [5.41, 5.74) is 0.916. The Hall–Kier alpha value is -1.82. The summed E-state index contributed by atoms with van der Waals surface area (Å²) >= 11 is 1.67. The van der Waals surface area contributed by atoms with Crippen LogP contribution in [-0.4, -0.2) is 49.1 Å². The molecular weight excluding hydrogens is 322 g/mol. The Bertz CT molecular complexity index is 746. The first-order valence-electron chi connectivity index (χ1n) is 8.63. The molecule has 4 rings (SSSR count). The lowest BCUT2D eigenvalue weighted by Crippen LogP contribution is -2.55. The van der Waals surface area contributed by atoms with Crippen LogP contribution in [0, 0.1) is 11.8 Å². The number of nitrogens with zero attached hydrogens (tertiary/aromatic N) is 3. The van der Waals surface area contributed by atoms with Crippen LogP contribution >= 0.6 is 11.3 Å². The van der Waals surface area contributed by atoms with Gasteiger partial charge in [0.25, 0.3) is 0 Å². The van der Waals surface area contributed by atoms with Crippen molar-refractivity contribution in [2.24, 2.45) is 11.8 Å². The first-order valence-corrected chi connectivity index (χ1v) is 9.44. The van der Waals surface area contributed by atoms with Crippen LogP contribution in [0.3, 0.4) is 0 Å². The lowest BCUT2D eigenvalue weighted by molar-refractivity contribution is -0.137. The summed E-state index contributed by atoms with van der Waals surface area (Å²) in [7, 11) is 1.67. The van der Waals surface area contributed by atoms with Crippen LogP contribution in [0.2, 0.25) is 0 Å². The molecule has 2 saturated heterocycles. The van der Waals surface area contributed by atoms with E-state index in [4.69, 9.17) is 9.72 Å². The van der Waals surface area contributed by atoms with Crippen molar-refractivity contribution in [1.82, 2.24) is 9.88 Å². The van der Waals surface area contributed by atoms with Crippen LogP contribution in [0.15, 0.2) is 18.2 Å². The molecular formula is C18H23N3O2S. The molecule has 0 N–H and O–H groups in total. The maximum Gasteiger partial charge on any atom is 0.229 e. The van der Waals surface area contributed by atoms with Crippen molar-refractivity contribution in [2.45, 2.75) is 19.8 Å². The molecule has 0 bridgehead atoms. The Labute approximate surface area is 146 Å². The van der Waals surface area contributed by atoms with E-state index in [9.17, 15) is 4.79 Å². The van der Waals surface area contributed by atoms with Gasteiger partial charge in [-0.3, -0.25) is 4.79 Å². The van der Waals surface area contributed by atoms with E-state index >= 15 is 0 Å². The van der Waals surface area contributed by atoms with Crippen LogP contribution in [0.4, 0.5) is 5.13 Å². The molecule has 0 saturated carbocycles. The fourth-order valence-corrected chi connectivity index (χ4v) is 4.49. The number of thiazole rings is 1. The van der Waals surface area contributed by atoms with Crippen molar-refractivity contribution in [2.75, 3.05) is 38.2 Å². The Morgan fingerprint density at radius 1 is 1.29 bits per heavy atom. The van der Waals surface area contributed by atoms with Crippen molar-refractivity contribution in [3.63, 3.8) is 0 Å². The summed E-state index contributed by atoms with van der Waals surface area (Å²) in [6.07, 6.45) is 2.28. The van der Waals surface area contributed by atoms with E-state index in [-0.39, 0.29) is 5.92 Å². The number of benzene rings is 1. The molecule has 0 unspecified atom stereocenters. The molecule has 2 fully saturated rings. The molecule has 128 valence electrons. The minimum Gasteiger partial charge on any atom is -0.494 e. The number of ether oxygens (including phenoxy) is 1. The molecule has 0 spiro atoms. The average Bonchev–Trinajstić information content (AvgIpc) is 2.97. The molecule has 6 heteroatoms. The summed E-state index contributed by atoms with van der Waals surface area (Å²) in [5, 5.41) is 0.991. The Balaban J connectivity index is 1.41. The first kappa shape index (κ1) is 15.7. The number of rotatable bonds is 3. The van der Waals surface area contributed by atoms with Gasteiger partial charge in [-0.05, 0) is 30.9 Å². The first-order chi connectivity index (χ1) is 11.7. The fourth-order valence-electron chi connectivity index (χ4n) is 3.49. The normalized spacial score (nSPS) is 19.6. The second-order valence-electron chi connectivity index (χ2n) is 6.91. The molecule has 5 nitrogen and oxygen atoms in total. The highest BCUT2D eigenvalue weighted by Crippen LogP contribution is 2.37. The van der Waals surface area contributed by atoms with Crippen molar-refractivity contribution >= 4 is 32.6 Å². The number of methoxy groups -OCH3 is 1. The van der Waals surface area contributed by atoms with E-state index < -0.39 is 0 Å². The van der Waals surface area contributed by atoms with Crippen molar-refractivity contribution in [3.05, 3.63) is 18.2 Å². The van der Waals surface area contributed by atoms with E-state index in [2.05, 4.69) is 22.8 Å². The molecule has 0 atom stereocenters. The number of piperidine rings is 1. The van der Waals surface area contributed by atoms with Gasteiger partial charge in [0.1, 0.15) is 11.3 Å². The van der Waals surface area contributed by atoms with Gasteiger partial charge >= 0.3 is 0 Å². The number of para-hydroxylation sites is 1. The Morgan fingerprint density at radius 3 is 2.75 bits per heavy atom. The molecule has 1 aromatic heterocycles. The monoisotopic (exact) mass is 345 g/mol. The maximum atomic E-state index is 12.6. The lowest BCUT2D eigenvalue weighted by atomic mass is 9.95. The number of anilines is 1. The third-order valence-electron chi connectivity index (χ3n) is 5.19. The average molecular weight is 345 g/mol. The summed E-state index contributed by atoms with van der Waals surface area (Å²) in [4.78, 5) is 21.6. The standard InChI is InChI=1S/C18H23N3O2S/c1-12-6-8-20(9-7-12)17(22)13-10-21(11-13)18-19-16-14(23-2)4-3-5-15(16)24-18/h3-5,12-13H,6-11H2,1-2H3. The highest BCUT2D eigenvalue weighted by molar-refractivity contribution is 7.22. The number of fused-ring (bicyclic) bond motifs is 1. The lowest BCUT2D eigenvalue weighted by Gasteiger charge is -2.41. The quantitative estimate of drug-likeness (QED) is 0.858. The van der Waals surface area contributed by atoms with Crippen LogP contribution in [0.1, 0.15) is 19.8 Å². The zero-order chi connectivity index (χ0) is 16.7. The van der Waals surface area contributed by atoms with Gasteiger partial charge < -0.3 is 14.5 Å². The minimum absolute atomic E-state index is 0.132. The topological polar surface area (TPSA) is 45.7 Å². The molecule has 1 amide bonds. The van der Waals surface area contributed by atoms with Crippen molar-refractivity contribution in [1.29, 1.82) is 0 Å². The Kier molecular flexibility index (Phi) is 4.08. The van der Waals surface area contributed by atoms with Crippen LogP contribution in [0.5, 0.6) is 5.75 Å². The maximum absolute atomic E-state index is 12.6.